The number of carbonyl (C=O) groups is 2. The van der Waals surface area contributed by atoms with Gasteiger partial charge in [0.25, 0.3) is 5.91 Å². The minimum atomic E-state index is -1.08. The maximum absolute atomic E-state index is 12.8. The first-order valence-corrected chi connectivity index (χ1v) is 12.8. The summed E-state index contributed by atoms with van der Waals surface area (Å²) in [5.41, 5.74) is 11.5. The predicted molar refractivity (Wildman–Crippen MR) is 147 cm³/mol. The lowest BCUT2D eigenvalue weighted by atomic mass is 9.73. The molecule has 1 aliphatic heterocycles. The van der Waals surface area contributed by atoms with E-state index in [2.05, 4.69) is 30.2 Å². The molecule has 0 bridgehead atoms. The Bertz CT molecular complexity index is 1340. The molecule has 2 aromatic rings. The first-order chi connectivity index (χ1) is 17.6. The number of carboxylic acid groups (broad SMARTS) is 1. The van der Waals surface area contributed by atoms with Crippen molar-refractivity contribution in [1.29, 1.82) is 0 Å². The van der Waals surface area contributed by atoms with E-state index in [1.165, 1.54) is 6.07 Å². The average Bonchev–Trinajstić information content (AvgIpc) is 2.84. The first-order valence-electron chi connectivity index (χ1n) is 12.8. The normalized spacial score (nSPS) is 19.5. The Hall–Kier alpha value is -3.87. The van der Waals surface area contributed by atoms with Crippen molar-refractivity contribution < 1.29 is 19.4 Å². The van der Waals surface area contributed by atoms with E-state index in [-0.39, 0.29) is 23.3 Å². The highest BCUT2D eigenvalue weighted by atomic mass is 16.5. The van der Waals surface area contributed by atoms with E-state index >= 15 is 0 Å². The summed E-state index contributed by atoms with van der Waals surface area (Å²) in [6.07, 6.45) is 4.89. The van der Waals surface area contributed by atoms with Crippen LogP contribution in [0, 0.1) is 18.8 Å². The largest absolute Gasteiger partial charge is 0.478 e. The number of carbonyl (C=O) groups excluding carboxylic acids is 1. The lowest BCUT2D eigenvalue weighted by Gasteiger charge is -2.37. The molecule has 0 saturated heterocycles. The first kappa shape index (κ1) is 26.2. The molecule has 1 heterocycles. The van der Waals surface area contributed by atoms with Crippen molar-refractivity contribution in [3.8, 4) is 5.75 Å². The quantitative estimate of drug-likeness (QED) is 0.434. The van der Waals surface area contributed by atoms with Crippen molar-refractivity contribution >= 4 is 23.3 Å². The van der Waals surface area contributed by atoms with Gasteiger partial charge in [0.2, 0.25) is 0 Å². The standard InChI is InChI=1S/C30H35N3O4/c1-6-32-25-15-27-23(12-18(25)5)28(22-11-17(4)24(31)14-26(22)37-27)20-8-7-19(13-21(20)30(35)36)29(34)33-10-9-16(2)3/h7-8,11-16,23,28H,6,9-10,31H2,1-5H3,(H,33,34)(H,35,36)/b32-25-. The number of allylic oxidation sites excluding steroid dienone is 3. The summed E-state index contributed by atoms with van der Waals surface area (Å²) >= 11 is 0. The smallest absolute Gasteiger partial charge is 0.336 e. The number of nitrogens with one attached hydrogen (secondary N) is 1. The van der Waals surface area contributed by atoms with Crippen LogP contribution in [-0.2, 0) is 0 Å². The third kappa shape index (κ3) is 5.31. The fourth-order valence-electron chi connectivity index (χ4n) is 4.95. The number of aliphatic imine (C=N–C) groups is 1. The number of amides is 1. The van der Waals surface area contributed by atoms with Crippen molar-refractivity contribution in [1.82, 2.24) is 5.32 Å². The molecule has 2 aliphatic rings. The van der Waals surface area contributed by atoms with Crippen molar-refractivity contribution in [3.63, 3.8) is 0 Å². The number of fused-ring (bicyclic) bond motifs is 2. The Morgan fingerprint density at radius 2 is 1.92 bits per heavy atom. The Morgan fingerprint density at radius 1 is 1.16 bits per heavy atom. The third-order valence-electron chi connectivity index (χ3n) is 6.98. The van der Waals surface area contributed by atoms with Crippen LogP contribution >= 0.6 is 0 Å². The second-order valence-corrected chi connectivity index (χ2v) is 10.2. The summed E-state index contributed by atoms with van der Waals surface area (Å²) in [7, 11) is 0. The Kier molecular flexibility index (Phi) is 7.52. The molecule has 2 atom stereocenters. The molecule has 0 spiro atoms. The SMILES string of the molecule is CC/N=C1/C=C2Oc3cc(N)c(C)cc3C(c3ccc(C(=O)NCCC(C)C)cc3C(=O)O)C2C=C1C. The number of benzene rings is 2. The molecular formula is C30H35N3O4. The summed E-state index contributed by atoms with van der Waals surface area (Å²) in [4.78, 5) is 29.9. The molecular weight excluding hydrogens is 466 g/mol. The number of nitrogen functional groups attached to an aromatic ring is 1. The molecule has 37 heavy (non-hydrogen) atoms. The highest BCUT2D eigenvalue weighted by Crippen LogP contribution is 2.49. The summed E-state index contributed by atoms with van der Waals surface area (Å²) in [5.74, 6) is -0.161. The van der Waals surface area contributed by atoms with Gasteiger partial charge in [0.15, 0.2) is 0 Å². The van der Waals surface area contributed by atoms with Crippen LogP contribution in [0.15, 0.2) is 58.8 Å². The zero-order valence-electron chi connectivity index (χ0n) is 22.1. The van der Waals surface area contributed by atoms with Crippen molar-refractivity contribution in [2.75, 3.05) is 18.8 Å². The van der Waals surface area contributed by atoms with Crippen LogP contribution in [0.4, 0.5) is 5.69 Å². The van der Waals surface area contributed by atoms with Crippen LogP contribution in [0.25, 0.3) is 0 Å². The number of carboxylic acids is 1. The van der Waals surface area contributed by atoms with Crippen molar-refractivity contribution in [2.45, 2.75) is 47.0 Å². The van der Waals surface area contributed by atoms with Crippen molar-refractivity contribution in [2.24, 2.45) is 16.8 Å². The van der Waals surface area contributed by atoms with Gasteiger partial charge in [-0.25, -0.2) is 4.79 Å². The number of nitrogens with zero attached hydrogens (tertiary/aromatic N) is 1. The zero-order chi connectivity index (χ0) is 26.9. The number of hydrogen-bond donors (Lipinski definition) is 3. The van der Waals surface area contributed by atoms with Crippen LogP contribution < -0.4 is 15.8 Å². The van der Waals surface area contributed by atoms with E-state index in [9.17, 15) is 14.7 Å². The summed E-state index contributed by atoms with van der Waals surface area (Å²) < 4.78 is 6.32. The summed E-state index contributed by atoms with van der Waals surface area (Å²) in [6, 6.07) is 8.73. The van der Waals surface area contributed by atoms with Gasteiger partial charge < -0.3 is 20.9 Å². The van der Waals surface area contributed by atoms with Gasteiger partial charge in [0.05, 0.1) is 11.3 Å². The van der Waals surface area contributed by atoms with Crippen LogP contribution in [0.1, 0.15) is 77.4 Å². The van der Waals surface area contributed by atoms with E-state index in [0.717, 1.165) is 28.8 Å². The highest BCUT2D eigenvalue weighted by Gasteiger charge is 2.39. The van der Waals surface area contributed by atoms with Gasteiger partial charge >= 0.3 is 5.97 Å². The number of anilines is 1. The van der Waals surface area contributed by atoms with Gasteiger partial charge in [-0.1, -0.05) is 26.0 Å². The molecule has 2 unspecified atom stereocenters. The molecule has 4 N–H and O–H groups in total. The fraction of sp³-hybridized carbons (Fsp3) is 0.367. The molecule has 2 aromatic carbocycles. The topological polar surface area (TPSA) is 114 Å². The number of aromatic carboxylic acids is 1. The minimum absolute atomic E-state index is 0.0993. The van der Waals surface area contributed by atoms with Crippen molar-refractivity contribution in [3.05, 3.63) is 81.6 Å². The Morgan fingerprint density at radius 3 is 2.59 bits per heavy atom. The third-order valence-corrected chi connectivity index (χ3v) is 6.98. The molecule has 7 nitrogen and oxygen atoms in total. The maximum atomic E-state index is 12.8. The molecule has 0 saturated carbocycles. The van der Waals surface area contributed by atoms with Gasteiger partial charge in [0, 0.05) is 53.9 Å². The number of ether oxygens (including phenoxy) is 1. The van der Waals surface area contributed by atoms with Gasteiger partial charge in [-0.3, -0.25) is 9.79 Å². The van der Waals surface area contributed by atoms with Crippen LogP contribution in [0.3, 0.4) is 0 Å². The van der Waals surface area contributed by atoms with E-state index in [1.54, 1.807) is 18.2 Å². The fourth-order valence-corrected chi connectivity index (χ4v) is 4.95. The van der Waals surface area contributed by atoms with Crippen LogP contribution in [0.2, 0.25) is 0 Å². The Balaban J connectivity index is 1.84. The van der Waals surface area contributed by atoms with Gasteiger partial charge in [-0.15, -0.1) is 0 Å². The molecule has 194 valence electrons. The lowest BCUT2D eigenvalue weighted by molar-refractivity contribution is 0.0695. The molecule has 1 amide bonds. The molecule has 4 rings (SSSR count). The van der Waals surface area contributed by atoms with E-state index in [0.29, 0.717) is 47.3 Å². The molecule has 0 radical (unpaired) electrons. The van der Waals surface area contributed by atoms with E-state index in [4.69, 9.17) is 10.5 Å². The molecule has 1 aliphatic carbocycles. The summed E-state index contributed by atoms with van der Waals surface area (Å²) in [6.45, 7) is 11.3. The average molecular weight is 502 g/mol. The van der Waals surface area contributed by atoms with Crippen LogP contribution in [-0.4, -0.2) is 35.8 Å². The zero-order valence-corrected chi connectivity index (χ0v) is 22.1. The van der Waals surface area contributed by atoms with Gasteiger partial charge in [0.1, 0.15) is 11.5 Å². The molecule has 7 heteroatoms. The van der Waals surface area contributed by atoms with E-state index in [1.807, 2.05) is 32.9 Å². The minimum Gasteiger partial charge on any atom is -0.478 e. The lowest BCUT2D eigenvalue weighted by Crippen LogP contribution is -2.29. The monoisotopic (exact) mass is 501 g/mol. The second-order valence-electron chi connectivity index (χ2n) is 10.2. The predicted octanol–water partition coefficient (Wildman–Crippen LogP) is 5.50. The summed E-state index contributed by atoms with van der Waals surface area (Å²) in [5, 5.41) is 13.1. The number of rotatable bonds is 7. The second kappa shape index (κ2) is 10.6. The van der Waals surface area contributed by atoms with E-state index < -0.39 is 5.97 Å². The number of hydrogen-bond acceptors (Lipinski definition) is 5. The number of aryl methyl sites for hydroxylation is 1. The molecule has 0 aromatic heterocycles. The van der Waals surface area contributed by atoms with Gasteiger partial charge in [-0.05, 0) is 68.0 Å². The maximum Gasteiger partial charge on any atom is 0.336 e. The molecule has 0 fully saturated rings. The number of nitrogens with two attached hydrogens (primary N) is 1. The highest BCUT2D eigenvalue weighted by molar-refractivity contribution is 6.09. The van der Waals surface area contributed by atoms with Crippen LogP contribution in [0.5, 0.6) is 5.75 Å². The Labute approximate surface area is 218 Å². The van der Waals surface area contributed by atoms with Gasteiger partial charge in [-0.2, -0.15) is 0 Å².